The van der Waals surface area contributed by atoms with Gasteiger partial charge in [-0.05, 0) is 5.56 Å². The first-order valence-electron chi connectivity index (χ1n) is 6.20. The number of nitrogens with zero attached hydrogens (tertiary/aromatic N) is 1. The Hall–Kier alpha value is -1.48. The smallest absolute Gasteiger partial charge is 0.291 e. The van der Waals surface area contributed by atoms with Crippen molar-refractivity contribution in [2.75, 3.05) is 13.2 Å². The van der Waals surface area contributed by atoms with Crippen molar-refractivity contribution < 1.29 is 17.9 Å². The zero-order valence-corrected chi connectivity index (χ0v) is 11.8. The van der Waals surface area contributed by atoms with Gasteiger partial charge in [0.25, 0.3) is 0 Å². The molecule has 0 unspecified atom stereocenters. The molecule has 1 heterocycles. The summed E-state index contributed by atoms with van der Waals surface area (Å²) in [6, 6.07) is 7.81. The second-order valence-corrected chi connectivity index (χ2v) is 5.00. The van der Waals surface area contributed by atoms with Crippen molar-refractivity contribution in [2.24, 2.45) is 0 Å². The van der Waals surface area contributed by atoms with Crippen LogP contribution in [-0.2, 0) is 11.3 Å². The predicted octanol–water partition coefficient (Wildman–Crippen LogP) is 2.94. The monoisotopic (exact) mass is 317 g/mol. The fraction of sp³-hybridized carbons (Fsp3) is 0.308. The number of thiazole rings is 1. The Balaban J connectivity index is 1.67. The quantitative estimate of drug-likeness (QED) is 0.609. The molecule has 0 fully saturated rings. The van der Waals surface area contributed by atoms with Crippen LogP contribution in [0.15, 0.2) is 35.8 Å². The number of hydrazine groups is 1. The fourth-order valence-corrected chi connectivity index (χ4v) is 2.25. The second kappa shape index (κ2) is 7.51. The molecule has 2 aromatic rings. The molecule has 0 spiro atoms. The SMILES string of the molecule is FC(F)(F)OCCNNCc1ccc(-c2nccs2)cc1. The maximum absolute atomic E-state index is 11.7. The lowest BCUT2D eigenvalue weighted by Crippen LogP contribution is -2.35. The molecule has 0 aliphatic rings. The van der Waals surface area contributed by atoms with Gasteiger partial charge in [0.05, 0.1) is 6.61 Å². The van der Waals surface area contributed by atoms with Crippen LogP contribution < -0.4 is 10.9 Å². The van der Waals surface area contributed by atoms with E-state index in [4.69, 9.17) is 0 Å². The highest BCUT2D eigenvalue weighted by Crippen LogP contribution is 2.21. The van der Waals surface area contributed by atoms with Gasteiger partial charge in [-0.15, -0.1) is 24.5 Å². The number of alkyl halides is 3. The summed E-state index contributed by atoms with van der Waals surface area (Å²) in [4.78, 5) is 4.22. The van der Waals surface area contributed by atoms with Gasteiger partial charge in [-0.3, -0.25) is 15.6 Å². The molecule has 1 aromatic carbocycles. The van der Waals surface area contributed by atoms with Crippen LogP contribution in [0.2, 0.25) is 0 Å². The summed E-state index contributed by atoms with van der Waals surface area (Å²) < 4.78 is 38.8. The third-order valence-corrected chi connectivity index (χ3v) is 3.37. The van der Waals surface area contributed by atoms with E-state index in [0.29, 0.717) is 6.54 Å². The highest BCUT2D eigenvalue weighted by atomic mass is 32.1. The van der Waals surface area contributed by atoms with Crippen molar-refractivity contribution in [3.8, 4) is 10.6 Å². The van der Waals surface area contributed by atoms with Crippen LogP contribution in [-0.4, -0.2) is 24.5 Å². The number of rotatable bonds is 7. The lowest BCUT2D eigenvalue weighted by molar-refractivity contribution is -0.323. The molecule has 114 valence electrons. The molecule has 21 heavy (non-hydrogen) atoms. The van der Waals surface area contributed by atoms with Crippen molar-refractivity contribution in [3.05, 3.63) is 41.4 Å². The van der Waals surface area contributed by atoms with E-state index in [1.807, 2.05) is 29.6 Å². The van der Waals surface area contributed by atoms with Gasteiger partial charge >= 0.3 is 6.36 Å². The fourth-order valence-electron chi connectivity index (χ4n) is 1.60. The van der Waals surface area contributed by atoms with E-state index in [1.165, 1.54) is 0 Å². The molecule has 0 amide bonds. The van der Waals surface area contributed by atoms with E-state index in [-0.39, 0.29) is 6.54 Å². The molecule has 2 N–H and O–H groups in total. The van der Waals surface area contributed by atoms with Crippen LogP contribution in [0, 0.1) is 0 Å². The van der Waals surface area contributed by atoms with Gasteiger partial charge in [0.2, 0.25) is 0 Å². The van der Waals surface area contributed by atoms with Crippen molar-refractivity contribution in [2.45, 2.75) is 12.9 Å². The van der Waals surface area contributed by atoms with Gasteiger partial charge in [-0.25, -0.2) is 4.98 Å². The van der Waals surface area contributed by atoms with Crippen molar-refractivity contribution >= 4 is 11.3 Å². The molecule has 0 saturated heterocycles. The normalized spacial score (nSPS) is 11.8. The van der Waals surface area contributed by atoms with E-state index in [2.05, 4.69) is 20.6 Å². The van der Waals surface area contributed by atoms with Gasteiger partial charge in [0.1, 0.15) is 5.01 Å². The minimum Gasteiger partial charge on any atom is -0.291 e. The van der Waals surface area contributed by atoms with Gasteiger partial charge < -0.3 is 0 Å². The van der Waals surface area contributed by atoms with E-state index in [1.54, 1.807) is 17.5 Å². The summed E-state index contributed by atoms with van der Waals surface area (Å²) >= 11 is 1.57. The largest absolute Gasteiger partial charge is 0.522 e. The molecule has 0 aliphatic heterocycles. The molecule has 4 nitrogen and oxygen atoms in total. The average molecular weight is 317 g/mol. The summed E-state index contributed by atoms with van der Waals surface area (Å²) in [5.41, 5.74) is 7.55. The van der Waals surface area contributed by atoms with E-state index in [0.717, 1.165) is 16.1 Å². The average Bonchev–Trinajstić information content (AvgIpc) is 2.96. The Labute approximate surface area is 123 Å². The summed E-state index contributed by atoms with van der Waals surface area (Å²) in [6.45, 7) is 0.139. The topological polar surface area (TPSA) is 46.2 Å². The van der Waals surface area contributed by atoms with Gasteiger partial charge in [0, 0.05) is 30.2 Å². The van der Waals surface area contributed by atoms with Crippen LogP contribution in [0.25, 0.3) is 10.6 Å². The minimum atomic E-state index is -4.58. The van der Waals surface area contributed by atoms with Crippen LogP contribution in [0.4, 0.5) is 13.2 Å². The standard InChI is InChI=1S/C13H14F3N3OS/c14-13(15,16)20-7-5-18-19-9-10-1-3-11(4-2-10)12-17-6-8-21-12/h1-4,6,8,18-19H,5,7,9H2. The maximum atomic E-state index is 11.7. The second-order valence-electron chi connectivity index (χ2n) is 4.11. The molecule has 0 radical (unpaired) electrons. The Morgan fingerprint density at radius 2 is 1.90 bits per heavy atom. The lowest BCUT2D eigenvalue weighted by atomic mass is 10.1. The van der Waals surface area contributed by atoms with Crippen LogP contribution in [0.1, 0.15) is 5.56 Å². The maximum Gasteiger partial charge on any atom is 0.522 e. The molecule has 0 atom stereocenters. The van der Waals surface area contributed by atoms with Crippen LogP contribution in [0.5, 0.6) is 0 Å². The molecule has 8 heteroatoms. The Morgan fingerprint density at radius 1 is 1.14 bits per heavy atom. The Morgan fingerprint density at radius 3 is 2.52 bits per heavy atom. The first-order valence-corrected chi connectivity index (χ1v) is 7.08. The van der Waals surface area contributed by atoms with Gasteiger partial charge in [-0.1, -0.05) is 24.3 Å². The van der Waals surface area contributed by atoms with Crippen molar-refractivity contribution in [1.29, 1.82) is 0 Å². The molecule has 2 rings (SSSR count). The van der Waals surface area contributed by atoms with Crippen LogP contribution >= 0.6 is 11.3 Å². The summed E-state index contributed by atoms with van der Waals surface area (Å²) in [7, 11) is 0. The molecular formula is C13H14F3N3OS. The summed E-state index contributed by atoms with van der Waals surface area (Å²) in [5, 5.41) is 2.87. The predicted molar refractivity (Wildman–Crippen MR) is 74.4 cm³/mol. The zero-order valence-electron chi connectivity index (χ0n) is 11.0. The molecule has 0 saturated carbocycles. The molecule has 1 aromatic heterocycles. The number of hydrogen-bond acceptors (Lipinski definition) is 5. The highest BCUT2D eigenvalue weighted by Gasteiger charge is 2.28. The first kappa shape index (κ1) is 15.9. The third kappa shape index (κ3) is 5.80. The Bertz CT molecular complexity index is 529. The molecule has 0 bridgehead atoms. The number of halogens is 3. The number of nitrogens with one attached hydrogen (secondary N) is 2. The van der Waals surface area contributed by atoms with Crippen LogP contribution in [0.3, 0.4) is 0 Å². The van der Waals surface area contributed by atoms with Gasteiger partial charge in [-0.2, -0.15) is 0 Å². The van der Waals surface area contributed by atoms with E-state index < -0.39 is 13.0 Å². The van der Waals surface area contributed by atoms with E-state index >= 15 is 0 Å². The van der Waals surface area contributed by atoms with E-state index in [9.17, 15) is 13.2 Å². The number of ether oxygens (including phenoxy) is 1. The third-order valence-electron chi connectivity index (χ3n) is 2.54. The number of benzene rings is 1. The minimum absolute atomic E-state index is 0.0662. The van der Waals surface area contributed by atoms with Gasteiger partial charge in [0.15, 0.2) is 0 Å². The zero-order chi connectivity index (χ0) is 15.1. The molecule has 0 aliphatic carbocycles. The van der Waals surface area contributed by atoms with Crippen molar-refractivity contribution in [1.82, 2.24) is 15.8 Å². The number of hydrogen-bond donors (Lipinski definition) is 2. The highest BCUT2D eigenvalue weighted by molar-refractivity contribution is 7.13. The Kier molecular flexibility index (Phi) is 5.68. The van der Waals surface area contributed by atoms with Crippen molar-refractivity contribution in [3.63, 3.8) is 0 Å². The first-order chi connectivity index (χ1) is 10.0. The summed E-state index contributed by atoms with van der Waals surface area (Å²) in [6.07, 6.45) is -2.82. The summed E-state index contributed by atoms with van der Waals surface area (Å²) in [5.74, 6) is 0. The number of aromatic nitrogens is 1. The molecular weight excluding hydrogens is 303 g/mol. The lowest BCUT2D eigenvalue weighted by Gasteiger charge is -2.09.